The number of carboxylic acid groups (broad SMARTS) is 1. The van der Waals surface area contributed by atoms with Crippen molar-refractivity contribution in [3.8, 4) is 5.75 Å². The lowest BCUT2D eigenvalue weighted by atomic mass is 10.1. The summed E-state index contributed by atoms with van der Waals surface area (Å²) in [6, 6.07) is 0.0973. The number of carboxylic acids is 1. The molecule has 1 rings (SSSR count). The third-order valence-corrected chi connectivity index (χ3v) is 1.59. The van der Waals surface area contributed by atoms with Crippen LogP contribution >= 0.6 is 0 Å². The molecular weight excluding hydrogens is 229 g/mol. The molecule has 86 valence electrons. The first kappa shape index (κ1) is 12.0. The van der Waals surface area contributed by atoms with E-state index in [0.29, 0.717) is 0 Å². The van der Waals surface area contributed by atoms with Crippen LogP contribution in [0.5, 0.6) is 5.75 Å². The number of hydrogen-bond donors (Lipinski definition) is 1. The molecule has 1 N–H and O–H groups in total. The molecule has 0 amide bonds. The molecular formula is C9H5F3O4. The van der Waals surface area contributed by atoms with Gasteiger partial charge in [0.2, 0.25) is 0 Å². The predicted molar refractivity (Wildman–Crippen MR) is 44.6 cm³/mol. The van der Waals surface area contributed by atoms with Crippen LogP contribution < -0.4 is 4.74 Å². The molecule has 0 spiro atoms. The zero-order valence-corrected chi connectivity index (χ0v) is 7.88. The standard InChI is InChI=1S/C9H5F3O4/c1-3(13)16-8-5(11)2-4(10)7(12)6(8)9(14)15/h2H,1H3,(H,14,15). The van der Waals surface area contributed by atoms with Gasteiger partial charge in [-0.3, -0.25) is 4.79 Å². The van der Waals surface area contributed by atoms with Crippen LogP contribution in [-0.4, -0.2) is 17.0 Å². The highest BCUT2D eigenvalue weighted by Crippen LogP contribution is 2.27. The average molecular weight is 234 g/mol. The molecule has 0 bridgehead atoms. The second-order valence-corrected chi connectivity index (χ2v) is 2.76. The van der Waals surface area contributed by atoms with E-state index in [0.717, 1.165) is 6.92 Å². The van der Waals surface area contributed by atoms with Crippen molar-refractivity contribution in [1.29, 1.82) is 0 Å². The number of rotatable bonds is 2. The third kappa shape index (κ3) is 2.13. The minimum atomic E-state index is -1.94. The van der Waals surface area contributed by atoms with Crippen LogP contribution in [0.4, 0.5) is 13.2 Å². The number of hydrogen-bond acceptors (Lipinski definition) is 3. The van der Waals surface area contributed by atoms with Crippen LogP contribution in [-0.2, 0) is 4.79 Å². The van der Waals surface area contributed by atoms with Crippen molar-refractivity contribution in [3.05, 3.63) is 29.1 Å². The average Bonchev–Trinajstić information content (AvgIpc) is 2.13. The first-order chi connectivity index (χ1) is 7.34. The molecule has 0 unspecified atom stereocenters. The van der Waals surface area contributed by atoms with Gasteiger partial charge in [0.25, 0.3) is 0 Å². The van der Waals surface area contributed by atoms with Crippen molar-refractivity contribution < 1.29 is 32.6 Å². The molecule has 1 aromatic carbocycles. The number of halogens is 3. The van der Waals surface area contributed by atoms with Gasteiger partial charge in [-0.2, -0.15) is 0 Å². The molecule has 0 aliphatic carbocycles. The van der Waals surface area contributed by atoms with Crippen LogP contribution in [0.25, 0.3) is 0 Å². The maximum absolute atomic E-state index is 13.1. The fourth-order valence-corrected chi connectivity index (χ4v) is 1.01. The Kier molecular flexibility index (Phi) is 3.17. The number of esters is 1. The van der Waals surface area contributed by atoms with E-state index in [2.05, 4.69) is 4.74 Å². The van der Waals surface area contributed by atoms with Crippen LogP contribution in [0.1, 0.15) is 17.3 Å². The number of carbonyl (C=O) groups is 2. The van der Waals surface area contributed by atoms with E-state index in [1.807, 2.05) is 0 Å². The summed E-state index contributed by atoms with van der Waals surface area (Å²) < 4.78 is 43.0. The van der Waals surface area contributed by atoms with Crippen LogP contribution in [0.15, 0.2) is 6.07 Å². The molecule has 0 aliphatic heterocycles. The summed E-state index contributed by atoms with van der Waals surface area (Å²) in [5.41, 5.74) is -1.35. The molecule has 0 aromatic heterocycles. The first-order valence-electron chi connectivity index (χ1n) is 3.93. The Balaban J connectivity index is 3.50. The van der Waals surface area contributed by atoms with E-state index >= 15 is 0 Å². The van der Waals surface area contributed by atoms with Crippen molar-refractivity contribution in [2.75, 3.05) is 0 Å². The summed E-state index contributed by atoms with van der Waals surface area (Å²) in [4.78, 5) is 21.1. The molecule has 0 aliphatic rings. The molecule has 0 saturated carbocycles. The molecule has 0 heterocycles. The minimum Gasteiger partial charge on any atom is -0.477 e. The zero-order valence-electron chi connectivity index (χ0n) is 7.88. The van der Waals surface area contributed by atoms with Gasteiger partial charge in [-0.15, -0.1) is 0 Å². The van der Waals surface area contributed by atoms with Crippen LogP contribution in [0, 0.1) is 17.5 Å². The summed E-state index contributed by atoms with van der Waals surface area (Å²) in [6.45, 7) is 0.867. The number of aromatic carboxylic acids is 1. The van der Waals surface area contributed by atoms with E-state index in [9.17, 15) is 22.8 Å². The lowest BCUT2D eigenvalue weighted by Gasteiger charge is -2.08. The minimum absolute atomic E-state index is 0.0973. The highest BCUT2D eigenvalue weighted by atomic mass is 19.2. The van der Waals surface area contributed by atoms with Crippen molar-refractivity contribution in [2.45, 2.75) is 6.92 Å². The normalized spacial score (nSPS) is 10.0. The Labute approximate surface area is 87.3 Å². The molecule has 0 fully saturated rings. The second-order valence-electron chi connectivity index (χ2n) is 2.76. The fraction of sp³-hybridized carbons (Fsp3) is 0.111. The SMILES string of the molecule is CC(=O)Oc1c(F)cc(F)c(F)c1C(=O)O. The lowest BCUT2D eigenvalue weighted by Crippen LogP contribution is -2.12. The Hall–Kier alpha value is -2.05. The summed E-state index contributed by atoms with van der Waals surface area (Å²) in [7, 11) is 0. The Morgan fingerprint density at radius 2 is 1.81 bits per heavy atom. The molecule has 0 radical (unpaired) electrons. The molecule has 16 heavy (non-hydrogen) atoms. The molecule has 0 saturated heterocycles. The molecule has 4 nitrogen and oxygen atoms in total. The van der Waals surface area contributed by atoms with E-state index < -0.39 is 40.7 Å². The number of benzene rings is 1. The van der Waals surface area contributed by atoms with Gasteiger partial charge in [0.1, 0.15) is 5.56 Å². The fourth-order valence-electron chi connectivity index (χ4n) is 1.01. The summed E-state index contributed by atoms with van der Waals surface area (Å²) in [5.74, 6) is -9.05. The van der Waals surface area contributed by atoms with E-state index in [4.69, 9.17) is 5.11 Å². The maximum atomic E-state index is 13.1. The second kappa shape index (κ2) is 4.21. The quantitative estimate of drug-likeness (QED) is 0.480. The Morgan fingerprint density at radius 1 is 1.25 bits per heavy atom. The van der Waals surface area contributed by atoms with Gasteiger partial charge in [0, 0.05) is 13.0 Å². The van der Waals surface area contributed by atoms with Gasteiger partial charge < -0.3 is 9.84 Å². The Morgan fingerprint density at radius 3 is 2.25 bits per heavy atom. The topological polar surface area (TPSA) is 63.6 Å². The van der Waals surface area contributed by atoms with Gasteiger partial charge >= 0.3 is 11.9 Å². The van der Waals surface area contributed by atoms with Gasteiger partial charge in [-0.05, 0) is 0 Å². The largest absolute Gasteiger partial charge is 0.477 e. The smallest absolute Gasteiger partial charge is 0.342 e. The maximum Gasteiger partial charge on any atom is 0.342 e. The van der Waals surface area contributed by atoms with E-state index in [1.54, 1.807) is 0 Å². The van der Waals surface area contributed by atoms with Crippen molar-refractivity contribution >= 4 is 11.9 Å². The van der Waals surface area contributed by atoms with Crippen molar-refractivity contribution in [1.82, 2.24) is 0 Å². The molecule has 1 aromatic rings. The predicted octanol–water partition coefficient (Wildman–Crippen LogP) is 1.73. The number of ether oxygens (including phenoxy) is 1. The monoisotopic (exact) mass is 234 g/mol. The van der Waals surface area contributed by atoms with E-state index in [-0.39, 0.29) is 6.07 Å². The summed E-state index contributed by atoms with van der Waals surface area (Å²) in [5, 5.41) is 8.54. The van der Waals surface area contributed by atoms with Crippen molar-refractivity contribution in [2.24, 2.45) is 0 Å². The zero-order chi connectivity index (χ0) is 12.5. The van der Waals surface area contributed by atoms with Gasteiger partial charge in [-0.25, -0.2) is 18.0 Å². The first-order valence-corrected chi connectivity index (χ1v) is 3.93. The molecule has 0 atom stereocenters. The van der Waals surface area contributed by atoms with Gasteiger partial charge in [0.05, 0.1) is 0 Å². The van der Waals surface area contributed by atoms with Gasteiger partial charge in [-0.1, -0.05) is 0 Å². The molecule has 7 heteroatoms. The number of carbonyl (C=O) groups excluding carboxylic acids is 1. The van der Waals surface area contributed by atoms with Gasteiger partial charge in [0.15, 0.2) is 23.2 Å². The Bertz CT molecular complexity index is 470. The highest BCUT2D eigenvalue weighted by molar-refractivity contribution is 5.92. The van der Waals surface area contributed by atoms with E-state index in [1.165, 1.54) is 0 Å². The van der Waals surface area contributed by atoms with Crippen molar-refractivity contribution in [3.63, 3.8) is 0 Å². The lowest BCUT2D eigenvalue weighted by molar-refractivity contribution is -0.132. The summed E-state index contributed by atoms with van der Waals surface area (Å²) in [6.07, 6.45) is 0. The van der Waals surface area contributed by atoms with Crippen LogP contribution in [0.2, 0.25) is 0 Å². The summed E-state index contributed by atoms with van der Waals surface area (Å²) >= 11 is 0. The third-order valence-electron chi connectivity index (χ3n) is 1.59. The highest BCUT2D eigenvalue weighted by Gasteiger charge is 2.26. The van der Waals surface area contributed by atoms with Crippen LogP contribution in [0.3, 0.4) is 0 Å².